The minimum absolute atomic E-state index is 0.709. The largest absolute Gasteiger partial charge is 0.384 e. The van der Waals surface area contributed by atoms with Crippen LogP contribution < -0.4 is 5.32 Å². The number of nitrogens with zero attached hydrogens (tertiary/aromatic N) is 3. The minimum Gasteiger partial charge on any atom is -0.384 e. The fourth-order valence-electron chi connectivity index (χ4n) is 1.86. The van der Waals surface area contributed by atoms with Crippen LogP contribution in [-0.2, 0) is 6.42 Å². The zero-order valence-corrected chi connectivity index (χ0v) is 9.71. The van der Waals surface area contributed by atoms with Crippen molar-refractivity contribution in [1.29, 1.82) is 0 Å². The molecule has 1 N–H and O–H groups in total. The highest BCUT2D eigenvalue weighted by atomic mass is 16.5. The Balaban J connectivity index is 1.74. The van der Waals surface area contributed by atoms with Gasteiger partial charge in [0.2, 0.25) is 6.39 Å². The number of benzene rings is 1. The third-order valence-corrected chi connectivity index (χ3v) is 2.72. The Bertz CT molecular complexity index is 631. The van der Waals surface area contributed by atoms with Gasteiger partial charge in [-0.1, -0.05) is 23.4 Å². The molecule has 0 saturated heterocycles. The first-order valence-electron chi connectivity index (χ1n) is 5.76. The van der Waals surface area contributed by atoms with Crippen LogP contribution in [0.5, 0.6) is 0 Å². The van der Waals surface area contributed by atoms with Crippen LogP contribution in [0.15, 0.2) is 47.4 Å². The van der Waals surface area contributed by atoms with E-state index < -0.39 is 0 Å². The Morgan fingerprint density at radius 1 is 1.11 bits per heavy atom. The fraction of sp³-hybridized carbons (Fsp3) is 0.154. The molecule has 3 rings (SSSR count). The average molecular weight is 240 g/mol. The summed E-state index contributed by atoms with van der Waals surface area (Å²) in [6, 6.07) is 10.0. The van der Waals surface area contributed by atoms with Crippen LogP contribution in [-0.4, -0.2) is 21.7 Å². The normalized spacial score (nSPS) is 10.7. The van der Waals surface area contributed by atoms with E-state index in [1.165, 1.54) is 6.39 Å². The van der Waals surface area contributed by atoms with E-state index in [9.17, 15) is 0 Å². The van der Waals surface area contributed by atoms with E-state index >= 15 is 0 Å². The van der Waals surface area contributed by atoms with Crippen LogP contribution in [0.3, 0.4) is 0 Å². The molecule has 0 bridgehead atoms. The summed E-state index contributed by atoms with van der Waals surface area (Å²) in [7, 11) is 0. The predicted molar refractivity (Wildman–Crippen MR) is 68.2 cm³/mol. The number of anilines is 1. The van der Waals surface area contributed by atoms with Crippen molar-refractivity contribution in [3.63, 3.8) is 0 Å². The molecular formula is C13H12N4O. The molecule has 0 atom stereocenters. The summed E-state index contributed by atoms with van der Waals surface area (Å²) < 4.78 is 4.69. The van der Waals surface area contributed by atoms with Crippen LogP contribution in [0.2, 0.25) is 0 Å². The molecule has 0 aliphatic carbocycles. The van der Waals surface area contributed by atoms with Crippen molar-refractivity contribution >= 4 is 16.6 Å². The van der Waals surface area contributed by atoms with Gasteiger partial charge in [0, 0.05) is 30.2 Å². The number of hydrogen-bond acceptors (Lipinski definition) is 5. The van der Waals surface area contributed by atoms with E-state index in [2.05, 4.69) is 31.0 Å². The number of hydrogen-bond donors (Lipinski definition) is 1. The molecule has 0 saturated carbocycles. The van der Waals surface area contributed by atoms with Crippen LogP contribution >= 0.6 is 0 Å². The Kier molecular flexibility index (Phi) is 2.87. The maximum atomic E-state index is 4.69. The summed E-state index contributed by atoms with van der Waals surface area (Å²) in [6.45, 7) is 0.757. The summed E-state index contributed by atoms with van der Waals surface area (Å²) in [5, 5.41) is 8.25. The summed E-state index contributed by atoms with van der Waals surface area (Å²) in [5.74, 6) is 0.709. The molecule has 90 valence electrons. The lowest BCUT2D eigenvalue weighted by atomic mass is 10.2. The number of aromatic nitrogens is 3. The Hall–Kier alpha value is -2.43. The lowest BCUT2D eigenvalue weighted by Gasteiger charge is -2.07. The zero-order valence-electron chi connectivity index (χ0n) is 9.71. The average Bonchev–Trinajstić information content (AvgIpc) is 2.92. The van der Waals surface area contributed by atoms with Crippen molar-refractivity contribution in [2.24, 2.45) is 0 Å². The van der Waals surface area contributed by atoms with Crippen molar-refractivity contribution in [1.82, 2.24) is 15.1 Å². The van der Waals surface area contributed by atoms with Gasteiger partial charge in [-0.3, -0.25) is 4.98 Å². The third-order valence-electron chi connectivity index (χ3n) is 2.72. The lowest BCUT2D eigenvalue weighted by molar-refractivity contribution is 0.410. The predicted octanol–water partition coefficient (Wildman–Crippen LogP) is 2.27. The highest BCUT2D eigenvalue weighted by Gasteiger charge is 2.02. The number of rotatable bonds is 4. The molecule has 0 radical (unpaired) electrons. The van der Waals surface area contributed by atoms with Gasteiger partial charge in [-0.05, 0) is 12.1 Å². The second-order valence-electron chi connectivity index (χ2n) is 3.90. The minimum atomic E-state index is 0.709. The zero-order chi connectivity index (χ0) is 12.2. The van der Waals surface area contributed by atoms with Gasteiger partial charge in [0.1, 0.15) is 0 Å². The maximum Gasteiger partial charge on any atom is 0.213 e. The quantitative estimate of drug-likeness (QED) is 0.757. The molecule has 3 aromatic rings. The molecule has 0 spiro atoms. The van der Waals surface area contributed by atoms with E-state index in [4.69, 9.17) is 0 Å². The Morgan fingerprint density at radius 3 is 2.94 bits per heavy atom. The monoisotopic (exact) mass is 240 g/mol. The molecule has 1 aromatic carbocycles. The van der Waals surface area contributed by atoms with E-state index in [1.54, 1.807) is 6.20 Å². The van der Waals surface area contributed by atoms with E-state index in [0.29, 0.717) is 5.82 Å². The molecule has 0 fully saturated rings. The first-order valence-corrected chi connectivity index (χ1v) is 5.76. The molecule has 0 amide bonds. The number of fused-ring (bicyclic) bond motifs is 1. The van der Waals surface area contributed by atoms with Crippen LogP contribution in [0.25, 0.3) is 10.9 Å². The van der Waals surface area contributed by atoms with E-state index in [-0.39, 0.29) is 0 Å². The van der Waals surface area contributed by atoms with Crippen molar-refractivity contribution in [3.05, 3.63) is 48.7 Å². The topological polar surface area (TPSA) is 63.8 Å². The second kappa shape index (κ2) is 4.83. The fourth-order valence-corrected chi connectivity index (χ4v) is 1.86. The summed E-state index contributed by atoms with van der Waals surface area (Å²) >= 11 is 0. The van der Waals surface area contributed by atoms with Gasteiger partial charge in [-0.15, -0.1) is 0 Å². The Morgan fingerprint density at radius 2 is 2.06 bits per heavy atom. The number of nitrogens with one attached hydrogen (secondary N) is 1. The van der Waals surface area contributed by atoms with Gasteiger partial charge in [-0.2, -0.15) is 4.98 Å². The van der Waals surface area contributed by atoms with Gasteiger partial charge in [0.25, 0.3) is 0 Å². The van der Waals surface area contributed by atoms with E-state index in [0.717, 1.165) is 29.6 Å². The van der Waals surface area contributed by atoms with E-state index in [1.807, 2.05) is 24.3 Å². The highest BCUT2D eigenvalue weighted by Crippen LogP contribution is 2.20. The van der Waals surface area contributed by atoms with Crippen molar-refractivity contribution < 1.29 is 4.52 Å². The molecule has 2 aromatic heterocycles. The van der Waals surface area contributed by atoms with Crippen molar-refractivity contribution in [2.45, 2.75) is 6.42 Å². The van der Waals surface area contributed by atoms with Gasteiger partial charge in [-0.25, -0.2) is 0 Å². The molecule has 2 heterocycles. The molecular weight excluding hydrogens is 228 g/mol. The lowest BCUT2D eigenvalue weighted by Crippen LogP contribution is -2.06. The van der Waals surface area contributed by atoms with Gasteiger partial charge in [0.15, 0.2) is 5.82 Å². The first kappa shape index (κ1) is 10.7. The molecule has 5 nitrogen and oxygen atoms in total. The smallest absolute Gasteiger partial charge is 0.213 e. The van der Waals surface area contributed by atoms with Crippen molar-refractivity contribution in [2.75, 3.05) is 11.9 Å². The number of para-hydroxylation sites is 1. The molecule has 0 unspecified atom stereocenters. The third kappa shape index (κ3) is 2.15. The van der Waals surface area contributed by atoms with Crippen molar-refractivity contribution in [3.8, 4) is 0 Å². The summed E-state index contributed by atoms with van der Waals surface area (Å²) in [6.07, 6.45) is 3.88. The SMILES string of the molecule is c1ccc2c(NCCc3ncon3)ccnc2c1. The first-order chi connectivity index (χ1) is 8.93. The Labute approximate surface area is 104 Å². The molecule has 0 aliphatic rings. The van der Waals surface area contributed by atoms with Gasteiger partial charge in [0.05, 0.1) is 5.52 Å². The maximum absolute atomic E-state index is 4.69. The van der Waals surface area contributed by atoms with Crippen LogP contribution in [0, 0.1) is 0 Å². The second-order valence-corrected chi connectivity index (χ2v) is 3.90. The summed E-state index contributed by atoms with van der Waals surface area (Å²) in [5.41, 5.74) is 2.06. The van der Waals surface area contributed by atoms with Gasteiger partial charge < -0.3 is 9.84 Å². The van der Waals surface area contributed by atoms with Crippen LogP contribution in [0.1, 0.15) is 5.82 Å². The standard InChI is InChI=1S/C13H12N4O/c1-2-4-11-10(3-1)12(5-7-14-11)15-8-6-13-16-9-18-17-13/h1-5,7,9H,6,8H2,(H,14,15). The molecule has 0 aliphatic heterocycles. The molecule has 5 heteroatoms. The van der Waals surface area contributed by atoms with Crippen LogP contribution in [0.4, 0.5) is 5.69 Å². The summed E-state index contributed by atoms with van der Waals surface area (Å²) in [4.78, 5) is 8.30. The molecule has 18 heavy (non-hydrogen) atoms. The van der Waals surface area contributed by atoms with Gasteiger partial charge >= 0.3 is 0 Å². The highest BCUT2D eigenvalue weighted by molar-refractivity contribution is 5.90. The number of pyridine rings is 1.